The molecule has 0 saturated carbocycles. The Morgan fingerprint density at radius 2 is 1.90 bits per heavy atom. The number of aryl methyl sites for hydroxylation is 3. The highest BCUT2D eigenvalue weighted by molar-refractivity contribution is 6.63. The van der Waals surface area contributed by atoms with Crippen LogP contribution in [-0.4, -0.2) is 15.0 Å². The third-order valence-corrected chi connectivity index (χ3v) is 3.21. The van der Waals surface area contributed by atoms with Crippen molar-refractivity contribution in [3.05, 3.63) is 57.5 Å². The molecule has 0 aliphatic heterocycles. The number of nitrogens with zero attached hydrogens (tertiary/aromatic N) is 2. The summed E-state index contributed by atoms with van der Waals surface area (Å²) in [6.45, 7) is 3.83. The molecule has 5 heteroatoms. The summed E-state index contributed by atoms with van der Waals surface area (Å²) in [4.78, 5) is 22.7. The molecule has 0 bridgehead atoms. The van der Waals surface area contributed by atoms with E-state index in [2.05, 4.69) is 5.10 Å². The van der Waals surface area contributed by atoms with Gasteiger partial charge in [-0.05, 0) is 37.6 Å². The molecule has 0 saturated heterocycles. The number of carbonyl (C=O) groups excluding carboxylic acids is 1. The van der Waals surface area contributed by atoms with Gasteiger partial charge in [-0.2, -0.15) is 5.10 Å². The molecule has 1 aromatic heterocycles. The number of benzene rings is 1. The number of halogens is 1. The van der Waals surface area contributed by atoms with E-state index in [-0.39, 0.29) is 18.3 Å². The summed E-state index contributed by atoms with van der Waals surface area (Å²) < 4.78 is 1.70. The van der Waals surface area contributed by atoms with Crippen LogP contribution in [0.4, 0.5) is 0 Å². The molecule has 2 aromatic rings. The first-order valence-electron chi connectivity index (χ1n) is 6.32. The van der Waals surface area contributed by atoms with Crippen LogP contribution in [0.2, 0.25) is 0 Å². The Bertz CT molecular complexity index is 690. The molecule has 1 aromatic carbocycles. The molecule has 0 amide bonds. The molecule has 0 radical (unpaired) electrons. The highest BCUT2D eigenvalue weighted by atomic mass is 35.5. The second kappa shape index (κ2) is 6.01. The highest BCUT2D eigenvalue weighted by Gasteiger charge is 2.09. The average molecular weight is 291 g/mol. The standard InChI is InChI=1S/C15H15ClN2O2/c1-10-3-5-12(6-4-10)18-11(2)9-14(19)13(17-18)7-8-15(16)20/h3-6,9H,7-8H2,1-2H3. The van der Waals surface area contributed by atoms with Crippen molar-refractivity contribution >= 4 is 16.8 Å². The van der Waals surface area contributed by atoms with Gasteiger partial charge in [-0.15, -0.1) is 0 Å². The van der Waals surface area contributed by atoms with E-state index in [1.165, 1.54) is 6.07 Å². The second-order valence-corrected chi connectivity index (χ2v) is 5.12. The number of hydrogen-bond acceptors (Lipinski definition) is 3. The zero-order chi connectivity index (χ0) is 14.7. The summed E-state index contributed by atoms with van der Waals surface area (Å²) in [6, 6.07) is 9.38. The van der Waals surface area contributed by atoms with Crippen LogP contribution >= 0.6 is 11.6 Å². The van der Waals surface area contributed by atoms with Crippen molar-refractivity contribution in [2.75, 3.05) is 0 Å². The molecular weight excluding hydrogens is 276 g/mol. The van der Waals surface area contributed by atoms with Gasteiger partial charge < -0.3 is 0 Å². The van der Waals surface area contributed by atoms with Crippen molar-refractivity contribution in [2.24, 2.45) is 0 Å². The Kier molecular flexibility index (Phi) is 4.35. The molecule has 0 aliphatic rings. The molecular formula is C15H15ClN2O2. The fourth-order valence-electron chi connectivity index (χ4n) is 1.92. The van der Waals surface area contributed by atoms with Crippen molar-refractivity contribution in [3.8, 4) is 5.69 Å². The van der Waals surface area contributed by atoms with Crippen molar-refractivity contribution in [1.82, 2.24) is 9.78 Å². The predicted molar refractivity (Wildman–Crippen MR) is 78.5 cm³/mol. The van der Waals surface area contributed by atoms with Gasteiger partial charge in [0.1, 0.15) is 5.69 Å². The van der Waals surface area contributed by atoms with E-state index in [1.807, 2.05) is 38.1 Å². The molecule has 0 atom stereocenters. The predicted octanol–water partition coefficient (Wildman–Crippen LogP) is 2.55. The molecule has 20 heavy (non-hydrogen) atoms. The molecule has 0 N–H and O–H groups in total. The molecule has 0 aliphatic carbocycles. The van der Waals surface area contributed by atoms with Gasteiger partial charge in [-0.1, -0.05) is 17.7 Å². The van der Waals surface area contributed by atoms with Crippen molar-refractivity contribution in [2.45, 2.75) is 26.7 Å². The maximum absolute atomic E-state index is 11.9. The number of carbonyl (C=O) groups is 1. The molecule has 4 nitrogen and oxygen atoms in total. The van der Waals surface area contributed by atoms with E-state index in [1.54, 1.807) is 4.68 Å². The van der Waals surface area contributed by atoms with E-state index >= 15 is 0 Å². The molecule has 0 unspecified atom stereocenters. The van der Waals surface area contributed by atoms with Crippen LogP contribution in [0.3, 0.4) is 0 Å². The van der Waals surface area contributed by atoms with Gasteiger partial charge in [0.25, 0.3) is 0 Å². The van der Waals surface area contributed by atoms with E-state index in [0.29, 0.717) is 5.69 Å². The maximum atomic E-state index is 11.9. The second-order valence-electron chi connectivity index (χ2n) is 4.70. The van der Waals surface area contributed by atoms with Gasteiger partial charge in [0.05, 0.1) is 5.69 Å². The molecule has 0 fully saturated rings. The van der Waals surface area contributed by atoms with Gasteiger partial charge in [0, 0.05) is 24.6 Å². The lowest BCUT2D eigenvalue weighted by Gasteiger charge is -2.11. The van der Waals surface area contributed by atoms with Crippen molar-refractivity contribution in [1.29, 1.82) is 0 Å². The van der Waals surface area contributed by atoms with E-state index in [0.717, 1.165) is 16.9 Å². The normalized spacial score (nSPS) is 10.6. The van der Waals surface area contributed by atoms with Crippen molar-refractivity contribution < 1.29 is 4.79 Å². The first kappa shape index (κ1) is 14.5. The van der Waals surface area contributed by atoms with E-state index < -0.39 is 5.24 Å². The summed E-state index contributed by atoms with van der Waals surface area (Å²) in [5.74, 6) is 0. The lowest BCUT2D eigenvalue weighted by Crippen LogP contribution is -2.19. The topological polar surface area (TPSA) is 52.0 Å². The third-order valence-electron chi connectivity index (χ3n) is 3.02. The zero-order valence-electron chi connectivity index (χ0n) is 11.4. The van der Waals surface area contributed by atoms with Crippen LogP contribution in [0, 0.1) is 13.8 Å². The summed E-state index contributed by atoms with van der Waals surface area (Å²) in [7, 11) is 0. The summed E-state index contributed by atoms with van der Waals surface area (Å²) in [6.07, 6.45) is 0.369. The highest BCUT2D eigenvalue weighted by Crippen LogP contribution is 2.10. The maximum Gasteiger partial charge on any atom is 0.222 e. The Morgan fingerprint density at radius 1 is 1.25 bits per heavy atom. The molecule has 1 heterocycles. The quantitative estimate of drug-likeness (QED) is 0.813. The fourth-order valence-corrected chi connectivity index (χ4v) is 2.01. The minimum absolute atomic E-state index is 0.112. The zero-order valence-corrected chi connectivity index (χ0v) is 12.1. The van der Waals surface area contributed by atoms with Crippen LogP contribution < -0.4 is 5.43 Å². The molecule has 104 valence electrons. The minimum atomic E-state index is -0.464. The Hall–Kier alpha value is -1.94. The smallest absolute Gasteiger partial charge is 0.222 e. The van der Waals surface area contributed by atoms with Crippen molar-refractivity contribution in [3.63, 3.8) is 0 Å². The number of aromatic nitrogens is 2. The first-order valence-corrected chi connectivity index (χ1v) is 6.70. The largest absolute Gasteiger partial charge is 0.288 e. The first-order chi connectivity index (χ1) is 9.47. The summed E-state index contributed by atoms with van der Waals surface area (Å²) in [5, 5.41) is 3.87. The lowest BCUT2D eigenvalue weighted by atomic mass is 10.2. The Balaban J connectivity index is 2.42. The molecule has 2 rings (SSSR count). The van der Waals surface area contributed by atoms with Gasteiger partial charge in [0.15, 0.2) is 0 Å². The molecule has 0 spiro atoms. The third kappa shape index (κ3) is 3.33. The van der Waals surface area contributed by atoms with Crippen LogP contribution in [0.25, 0.3) is 5.69 Å². The van der Waals surface area contributed by atoms with E-state index in [9.17, 15) is 9.59 Å². The number of hydrogen-bond donors (Lipinski definition) is 0. The Morgan fingerprint density at radius 3 is 2.50 bits per heavy atom. The van der Waals surface area contributed by atoms with Crippen LogP contribution in [-0.2, 0) is 11.2 Å². The van der Waals surface area contributed by atoms with Gasteiger partial charge >= 0.3 is 0 Å². The Labute approximate surface area is 122 Å². The average Bonchev–Trinajstić information content (AvgIpc) is 2.39. The van der Waals surface area contributed by atoms with Gasteiger partial charge in [-0.25, -0.2) is 4.68 Å². The fraction of sp³-hybridized carbons (Fsp3) is 0.267. The van der Waals surface area contributed by atoms with Gasteiger partial charge in [-0.3, -0.25) is 9.59 Å². The van der Waals surface area contributed by atoms with Crippen LogP contribution in [0.15, 0.2) is 35.1 Å². The van der Waals surface area contributed by atoms with Gasteiger partial charge in [0.2, 0.25) is 10.7 Å². The van der Waals surface area contributed by atoms with Crippen LogP contribution in [0.1, 0.15) is 23.4 Å². The summed E-state index contributed by atoms with van der Waals surface area (Å²) in [5.41, 5.74) is 2.97. The SMILES string of the molecule is Cc1ccc(-n2nc(CCC(=O)Cl)c(=O)cc2C)cc1. The summed E-state index contributed by atoms with van der Waals surface area (Å²) >= 11 is 5.31. The van der Waals surface area contributed by atoms with E-state index in [4.69, 9.17) is 11.6 Å². The lowest BCUT2D eigenvalue weighted by molar-refractivity contribution is -0.111. The number of rotatable bonds is 4. The monoisotopic (exact) mass is 290 g/mol. The van der Waals surface area contributed by atoms with Crippen LogP contribution in [0.5, 0.6) is 0 Å². The minimum Gasteiger partial charge on any atom is -0.288 e.